The van der Waals surface area contributed by atoms with Crippen molar-refractivity contribution in [2.45, 2.75) is 40.5 Å². The van der Waals surface area contributed by atoms with Gasteiger partial charge in [0, 0.05) is 9.81 Å². The predicted molar refractivity (Wildman–Crippen MR) is 108 cm³/mol. The molecule has 2 heterocycles. The van der Waals surface area contributed by atoms with Crippen LogP contribution in [0.2, 0.25) is 0 Å². The second kappa shape index (κ2) is 8.82. The summed E-state index contributed by atoms with van der Waals surface area (Å²) in [7, 11) is 0. The van der Waals surface area contributed by atoms with Crippen molar-refractivity contribution >= 4 is 70.6 Å². The summed E-state index contributed by atoms with van der Waals surface area (Å²) in [5, 5.41) is 0. The molecule has 20 heavy (non-hydrogen) atoms. The van der Waals surface area contributed by atoms with Gasteiger partial charge in [-0.3, -0.25) is 0 Å². The zero-order valence-electron chi connectivity index (χ0n) is 12.3. The van der Waals surface area contributed by atoms with E-state index in [1.165, 1.54) is 51.1 Å². The Morgan fingerprint density at radius 1 is 0.700 bits per heavy atom. The second-order valence-electron chi connectivity index (χ2n) is 4.37. The maximum atomic E-state index is 2.26. The molecule has 0 fully saturated rings. The van der Waals surface area contributed by atoms with Gasteiger partial charge in [0.15, 0.2) is 0 Å². The fourth-order valence-electron chi connectivity index (χ4n) is 1.53. The molecule has 2 rings (SSSR count). The Balaban J connectivity index is 1.97. The molecule has 0 radical (unpaired) electrons. The van der Waals surface area contributed by atoms with Crippen LogP contribution in [-0.4, -0.2) is 11.5 Å². The van der Waals surface area contributed by atoms with Gasteiger partial charge in [0.25, 0.3) is 0 Å². The third kappa shape index (κ3) is 4.66. The van der Waals surface area contributed by atoms with E-state index in [-0.39, 0.29) is 0 Å². The number of thioether (sulfide) groups is 6. The highest BCUT2D eigenvalue weighted by molar-refractivity contribution is 8.40. The molecule has 0 aliphatic carbocycles. The summed E-state index contributed by atoms with van der Waals surface area (Å²) < 4.78 is 6.05. The largest absolute Gasteiger partial charge is 0.118 e. The SMILES string of the molecule is CCCSC1=C(C)S/C(=C2\SC(C)=C(SCCC)S2)S1. The number of allylic oxidation sites excluding steroid dienone is 2. The third-order valence-corrected chi connectivity index (χ3v) is 11.6. The van der Waals surface area contributed by atoms with Gasteiger partial charge in [0.1, 0.15) is 0 Å². The minimum absolute atomic E-state index is 1.23. The first kappa shape index (κ1) is 17.7. The average Bonchev–Trinajstić information content (AvgIpc) is 2.98. The summed E-state index contributed by atoms with van der Waals surface area (Å²) in [6.45, 7) is 9.03. The molecule has 0 atom stereocenters. The van der Waals surface area contributed by atoms with Gasteiger partial charge in [-0.15, -0.1) is 23.5 Å². The summed E-state index contributed by atoms with van der Waals surface area (Å²) >= 11 is 12.0. The Labute approximate surface area is 148 Å². The fourth-order valence-corrected chi connectivity index (χ4v) is 9.87. The van der Waals surface area contributed by atoms with Crippen LogP contribution in [0, 0.1) is 0 Å². The van der Waals surface area contributed by atoms with Gasteiger partial charge < -0.3 is 0 Å². The molecular weight excluding hydrogens is 361 g/mol. The van der Waals surface area contributed by atoms with Crippen molar-refractivity contribution in [1.29, 1.82) is 0 Å². The van der Waals surface area contributed by atoms with E-state index in [0.717, 1.165) is 0 Å². The highest BCUT2D eigenvalue weighted by Crippen LogP contribution is 2.62. The van der Waals surface area contributed by atoms with Crippen LogP contribution >= 0.6 is 70.6 Å². The standard InChI is InChI=1S/C14H20S6/c1-5-7-15-11-9(3)17-13(19-11)14-18-10(4)12(20-14)16-8-6-2/h5-8H2,1-4H3/b14-13-. The van der Waals surface area contributed by atoms with Gasteiger partial charge in [-0.2, -0.15) is 0 Å². The molecule has 0 aromatic heterocycles. The maximum Gasteiger partial charge on any atom is 0.0708 e. The molecule has 0 saturated heterocycles. The summed E-state index contributed by atoms with van der Waals surface area (Å²) in [5.41, 5.74) is 0. The summed E-state index contributed by atoms with van der Waals surface area (Å²) in [6, 6.07) is 0. The van der Waals surface area contributed by atoms with E-state index in [9.17, 15) is 0 Å². The van der Waals surface area contributed by atoms with Crippen molar-refractivity contribution in [3.63, 3.8) is 0 Å². The summed E-state index contributed by atoms with van der Waals surface area (Å²) in [6.07, 6.45) is 2.50. The molecule has 2 aliphatic heterocycles. The van der Waals surface area contributed by atoms with E-state index in [1.54, 1.807) is 0 Å². The molecule has 112 valence electrons. The van der Waals surface area contributed by atoms with Gasteiger partial charge in [-0.05, 0) is 38.2 Å². The predicted octanol–water partition coefficient (Wildman–Crippen LogP) is 7.74. The molecular formula is C14H20S6. The van der Waals surface area contributed by atoms with Gasteiger partial charge in [0.2, 0.25) is 0 Å². The fraction of sp³-hybridized carbons (Fsp3) is 0.571. The van der Waals surface area contributed by atoms with E-state index in [1.807, 2.05) is 70.6 Å². The van der Waals surface area contributed by atoms with Crippen LogP contribution in [-0.2, 0) is 0 Å². The van der Waals surface area contributed by atoms with Gasteiger partial charge in [-0.25, -0.2) is 0 Å². The summed E-state index contributed by atoms with van der Waals surface area (Å²) in [4.78, 5) is 2.98. The smallest absolute Gasteiger partial charge is 0.0708 e. The highest BCUT2D eigenvalue weighted by atomic mass is 32.2. The zero-order valence-corrected chi connectivity index (χ0v) is 17.2. The van der Waals surface area contributed by atoms with Crippen LogP contribution in [0.5, 0.6) is 0 Å². The van der Waals surface area contributed by atoms with E-state index >= 15 is 0 Å². The quantitative estimate of drug-likeness (QED) is 0.459. The molecule has 0 saturated carbocycles. The van der Waals surface area contributed by atoms with Crippen molar-refractivity contribution in [1.82, 2.24) is 0 Å². The van der Waals surface area contributed by atoms with Crippen LogP contribution in [0.4, 0.5) is 0 Å². The lowest BCUT2D eigenvalue weighted by Gasteiger charge is -2.03. The van der Waals surface area contributed by atoms with Crippen molar-refractivity contribution in [3.05, 3.63) is 26.8 Å². The van der Waals surface area contributed by atoms with Crippen molar-refractivity contribution in [2.75, 3.05) is 11.5 Å². The molecule has 6 heteroatoms. The number of hydrogen-bond acceptors (Lipinski definition) is 6. The molecule has 0 aromatic rings. The molecule has 0 amide bonds. The maximum absolute atomic E-state index is 2.26. The third-order valence-electron chi connectivity index (χ3n) is 2.48. The molecule has 0 nitrogen and oxygen atoms in total. The van der Waals surface area contributed by atoms with Crippen LogP contribution in [0.15, 0.2) is 26.8 Å². The highest BCUT2D eigenvalue weighted by Gasteiger charge is 2.27. The minimum atomic E-state index is 1.23. The van der Waals surface area contributed by atoms with E-state index in [4.69, 9.17) is 0 Å². The van der Waals surface area contributed by atoms with Crippen LogP contribution in [0.1, 0.15) is 40.5 Å². The first-order valence-corrected chi connectivity index (χ1v) is 12.0. The monoisotopic (exact) mass is 380 g/mol. The Hall–Kier alpha value is 1.32. The van der Waals surface area contributed by atoms with Crippen molar-refractivity contribution < 1.29 is 0 Å². The molecule has 0 bridgehead atoms. The van der Waals surface area contributed by atoms with Gasteiger partial charge in [-0.1, -0.05) is 60.9 Å². The number of rotatable bonds is 6. The van der Waals surface area contributed by atoms with Crippen LogP contribution in [0.25, 0.3) is 0 Å². The lowest BCUT2D eigenvalue weighted by molar-refractivity contribution is 1.11. The minimum Gasteiger partial charge on any atom is -0.118 e. The van der Waals surface area contributed by atoms with Gasteiger partial charge in [0.05, 0.1) is 16.9 Å². The van der Waals surface area contributed by atoms with E-state index < -0.39 is 0 Å². The molecule has 0 aromatic carbocycles. The van der Waals surface area contributed by atoms with Crippen molar-refractivity contribution in [2.24, 2.45) is 0 Å². The Morgan fingerprint density at radius 2 is 1.10 bits per heavy atom. The first-order valence-electron chi connectivity index (χ1n) is 6.78. The topological polar surface area (TPSA) is 0 Å². The average molecular weight is 381 g/mol. The first-order chi connectivity index (χ1) is 9.65. The number of hydrogen-bond donors (Lipinski definition) is 0. The lowest BCUT2D eigenvalue weighted by atomic mass is 10.6. The van der Waals surface area contributed by atoms with Crippen LogP contribution < -0.4 is 0 Å². The second-order valence-corrected chi connectivity index (χ2v) is 12.1. The zero-order chi connectivity index (χ0) is 14.5. The Kier molecular flexibility index (Phi) is 7.80. The Bertz CT molecular complexity index is 418. The van der Waals surface area contributed by atoms with Crippen molar-refractivity contribution in [3.8, 4) is 0 Å². The van der Waals surface area contributed by atoms with E-state index in [0.29, 0.717) is 0 Å². The normalized spacial score (nSPS) is 23.4. The molecule has 0 unspecified atom stereocenters. The van der Waals surface area contributed by atoms with Gasteiger partial charge >= 0.3 is 0 Å². The molecule has 0 spiro atoms. The summed E-state index contributed by atoms with van der Waals surface area (Å²) in [5.74, 6) is 2.47. The molecule has 0 N–H and O–H groups in total. The van der Waals surface area contributed by atoms with Crippen LogP contribution in [0.3, 0.4) is 0 Å². The Morgan fingerprint density at radius 3 is 1.45 bits per heavy atom. The molecule has 2 aliphatic rings. The lowest BCUT2D eigenvalue weighted by Crippen LogP contribution is -1.74. The van der Waals surface area contributed by atoms with E-state index in [2.05, 4.69) is 27.7 Å².